The second kappa shape index (κ2) is 9.63. The molecule has 1 nitrogen and oxygen atoms in total. The topological polar surface area (TPSA) is 3.24 Å². The highest BCUT2D eigenvalue weighted by Crippen LogP contribution is 2.53. The van der Waals surface area contributed by atoms with Gasteiger partial charge in [0.2, 0.25) is 0 Å². The average molecular weight is 416 g/mol. The standard InChI is InChI=1S/C30H41N/c1-5-10-25-20-28(27-11-8-7-9-12-27)22-30(21-25)15-17-31(18-16-30)24(4)29-14-13-23(3)19-26(29)6-2/h7-9,11-14,19,25,28H,4-6,10,15-18,20-22H2,1-3H3. The second-order valence-corrected chi connectivity index (χ2v) is 10.4. The number of aryl methyl sites for hydroxylation is 2. The molecule has 2 atom stereocenters. The van der Waals surface area contributed by atoms with E-state index in [9.17, 15) is 0 Å². The van der Waals surface area contributed by atoms with Crippen molar-refractivity contribution < 1.29 is 0 Å². The van der Waals surface area contributed by atoms with Gasteiger partial charge in [-0.15, -0.1) is 0 Å². The lowest BCUT2D eigenvalue weighted by atomic mass is 9.59. The Hall–Kier alpha value is -2.02. The first kappa shape index (κ1) is 22.2. The third-order valence-electron chi connectivity index (χ3n) is 8.15. The van der Waals surface area contributed by atoms with Gasteiger partial charge in [-0.3, -0.25) is 0 Å². The molecule has 1 heterocycles. The number of rotatable bonds is 6. The maximum Gasteiger partial charge on any atom is 0.0369 e. The summed E-state index contributed by atoms with van der Waals surface area (Å²) >= 11 is 0. The highest BCUT2D eigenvalue weighted by Gasteiger charge is 2.42. The van der Waals surface area contributed by atoms with E-state index < -0.39 is 0 Å². The zero-order valence-corrected chi connectivity index (χ0v) is 20.0. The Bertz CT molecular complexity index is 873. The maximum absolute atomic E-state index is 4.55. The molecule has 0 amide bonds. The van der Waals surface area contributed by atoms with Crippen LogP contribution in [0.2, 0.25) is 0 Å². The lowest BCUT2D eigenvalue weighted by Crippen LogP contribution is -2.43. The summed E-state index contributed by atoms with van der Waals surface area (Å²) in [5.41, 5.74) is 7.49. The van der Waals surface area contributed by atoms with E-state index in [4.69, 9.17) is 0 Å². The van der Waals surface area contributed by atoms with E-state index in [1.807, 2.05) is 0 Å². The molecule has 0 radical (unpaired) electrons. The fourth-order valence-corrected chi connectivity index (χ4v) is 6.52. The van der Waals surface area contributed by atoms with Crippen molar-refractivity contribution in [1.29, 1.82) is 0 Å². The fourth-order valence-electron chi connectivity index (χ4n) is 6.52. The van der Waals surface area contributed by atoms with E-state index in [2.05, 4.69) is 80.8 Å². The molecule has 31 heavy (non-hydrogen) atoms. The van der Waals surface area contributed by atoms with Crippen molar-refractivity contribution in [2.24, 2.45) is 11.3 Å². The number of nitrogens with zero attached hydrogens (tertiary/aromatic N) is 1. The highest BCUT2D eigenvalue weighted by atomic mass is 15.1. The van der Waals surface area contributed by atoms with E-state index in [0.29, 0.717) is 5.41 Å². The Kier molecular flexibility index (Phi) is 6.89. The third-order valence-corrected chi connectivity index (χ3v) is 8.15. The van der Waals surface area contributed by atoms with Crippen LogP contribution in [0.4, 0.5) is 0 Å². The molecule has 2 unspecified atom stereocenters. The van der Waals surface area contributed by atoms with Gasteiger partial charge in [-0.05, 0) is 73.8 Å². The Morgan fingerprint density at radius 3 is 2.45 bits per heavy atom. The summed E-state index contributed by atoms with van der Waals surface area (Å²) in [5, 5.41) is 0. The predicted octanol–water partition coefficient (Wildman–Crippen LogP) is 7.99. The Balaban J connectivity index is 1.48. The molecule has 2 fully saturated rings. The van der Waals surface area contributed by atoms with E-state index in [1.54, 1.807) is 5.56 Å². The first-order valence-corrected chi connectivity index (χ1v) is 12.6. The molecule has 1 heteroatoms. The first-order chi connectivity index (χ1) is 15.0. The number of hydrogen-bond acceptors (Lipinski definition) is 1. The van der Waals surface area contributed by atoms with Gasteiger partial charge < -0.3 is 4.90 Å². The minimum Gasteiger partial charge on any atom is -0.371 e. The molecule has 0 N–H and O–H groups in total. The number of piperidine rings is 1. The van der Waals surface area contributed by atoms with Crippen molar-refractivity contribution in [3.8, 4) is 0 Å². The first-order valence-electron chi connectivity index (χ1n) is 12.6. The summed E-state index contributed by atoms with van der Waals surface area (Å²) in [7, 11) is 0. The van der Waals surface area contributed by atoms with Crippen LogP contribution in [0.25, 0.3) is 5.70 Å². The van der Waals surface area contributed by atoms with Gasteiger partial charge in [0.1, 0.15) is 0 Å². The van der Waals surface area contributed by atoms with Gasteiger partial charge >= 0.3 is 0 Å². The van der Waals surface area contributed by atoms with Crippen LogP contribution in [-0.4, -0.2) is 18.0 Å². The Morgan fingerprint density at radius 2 is 1.77 bits per heavy atom. The molecule has 1 saturated carbocycles. The van der Waals surface area contributed by atoms with E-state index in [-0.39, 0.29) is 0 Å². The van der Waals surface area contributed by atoms with Crippen molar-refractivity contribution in [3.63, 3.8) is 0 Å². The van der Waals surface area contributed by atoms with Gasteiger partial charge in [0.15, 0.2) is 0 Å². The van der Waals surface area contributed by atoms with Crippen LogP contribution in [-0.2, 0) is 6.42 Å². The van der Waals surface area contributed by atoms with Crippen LogP contribution in [0.1, 0.15) is 87.0 Å². The molecule has 2 aromatic rings. The second-order valence-electron chi connectivity index (χ2n) is 10.4. The van der Waals surface area contributed by atoms with Crippen molar-refractivity contribution in [3.05, 3.63) is 77.4 Å². The van der Waals surface area contributed by atoms with Crippen molar-refractivity contribution in [1.82, 2.24) is 4.90 Å². The van der Waals surface area contributed by atoms with E-state index in [0.717, 1.165) is 31.3 Å². The van der Waals surface area contributed by atoms with Gasteiger partial charge in [0, 0.05) is 24.4 Å². The van der Waals surface area contributed by atoms with Crippen LogP contribution in [0.15, 0.2) is 55.1 Å². The van der Waals surface area contributed by atoms with E-state index >= 15 is 0 Å². The largest absolute Gasteiger partial charge is 0.371 e. The van der Waals surface area contributed by atoms with Crippen molar-refractivity contribution in [2.75, 3.05) is 13.1 Å². The zero-order valence-electron chi connectivity index (χ0n) is 20.0. The fraction of sp³-hybridized carbons (Fsp3) is 0.533. The SMILES string of the molecule is C=C(c1ccc(C)cc1CC)N1CCC2(CC1)CC(CCC)CC(c1ccccc1)C2. The monoisotopic (exact) mass is 415 g/mol. The number of hydrogen-bond donors (Lipinski definition) is 0. The Labute approximate surface area is 190 Å². The van der Waals surface area contributed by atoms with Crippen LogP contribution >= 0.6 is 0 Å². The minimum absolute atomic E-state index is 0.524. The normalized spacial score (nSPS) is 23.1. The average Bonchev–Trinajstić information content (AvgIpc) is 2.79. The predicted molar refractivity (Wildman–Crippen MR) is 134 cm³/mol. The van der Waals surface area contributed by atoms with Gasteiger partial charge in [-0.1, -0.05) is 87.4 Å². The Morgan fingerprint density at radius 1 is 1.03 bits per heavy atom. The van der Waals surface area contributed by atoms with Gasteiger partial charge in [-0.2, -0.15) is 0 Å². The molecule has 1 spiro atoms. The number of benzene rings is 2. The van der Waals surface area contributed by atoms with E-state index in [1.165, 1.54) is 67.3 Å². The molecular formula is C30H41N. The molecule has 1 saturated heterocycles. The maximum atomic E-state index is 4.55. The molecular weight excluding hydrogens is 374 g/mol. The summed E-state index contributed by atoms with van der Waals surface area (Å²) in [6.07, 6.45) is 10.6. The molecule has 1 aliphatic heterocycles. The summed E-state index contributed by atoms with van der Waals surface area (Å²) < 4.78 is 0. The molecule has 4 rings (SSSR count). The smallest absolute Gasteiger partial charge is 0.0369 e. The number of likely N-dealkylation sites (tertiary alicyclic amines) is 1. The summed E-state index contributed by atoms with van der Waals surface area (Å²) in [4.78, 5) is 2.58. The molecule has 0 bridgehead atoms. The zero-order chi connectivity index (χ0) is 21.8. The molecule has 166 valence electrons. The molecule has 0 aromatic heterocycles. The van der Waals surface area contributed by atoms with Crippen molar-refractivity contribution in [2.45, 2.75) is 78.1 Å². The van der Waals surface area contributed by atoms with Crippen molar-refractivity contribution >= 4 is 5.70 Å². The van der Waals surface area contributed by atoms with Crippen LogP contribution in [0.3, 0.4) is 0 Å². The molecule has 2 aliphatic rings. The summed E-state index contributed by atoms with van der Waals surface area (Å²) in [6, 6.07) is 18.2. The van der Waals surface area contributed by atoms with Gasteiger partial charge in [0.05, 0.1) is 0 Å². The van der Waals surface area contributed by atoms with Gasteiger partial charge in [0.25, 0.3) is 0 Å². The quantitative estimate of drug-likeness (QED) is 0.462. The molecule has 1 aliphatic carbocycles. The lowest BCUT2D eigenvalue weighted by Gasteiger charge is -2.50. The summed E-state index contributed by atoms with van der Waals surface area (Å²) in [6.45, 7) is 13.7. The van der Waals surface area contributed by atoms with Gasteiger partial charge in [-0.25, -0.2) is 0 Å². The van der Waals surface area contributed by atoms with Crippen LogP contribution in [0.5, 0.6) is 0 Å². The third kappa shape index (κ3) is 4.92. The summed E-state index contributed by atoms with van der Waals surface area (Å²) in [5.74, 6) is 1.63. The highest BCUT2D eigenvalue weighted by molar-refractivity contribution is 5.65. The lowest BCUT2D eigenvalue weighted by molar-refractivity contribution is 0.0510. The van der Waals surface area contributed by atoms with Crippen LogP contribution < -0.4 is 0 Å². The molecule has 2 aromatic carbocycles. The van der Waals surface area contributed by atoms with Crippen LogP contribution in [0, 0.1) is 18.3 Å². The minimum atomic E-state index is 0.524.